The number of hydrogen-bond donors (Lipinski definition) is 2. The van der Waals surface area contributed by atoms with E-state index in [0.29, 0.717) is 19.3 Å². The largest absolute Gasteiger partial charge is 0.480 e. The van der Waals surface area contributed by atoms with Crippen LogP contribution >= 0.6 is 0 Å². The SMILES string of the molecule is CC(C)C(NC1CCCCC1C(F)(F)F)C(=O)O. The smallest absolute Gasteiger partial charge is 0.393 e. The molecule has 3 atom stereocenters. The standard InChI is InChI=1S/C12H20F3NO2/c1-7(2)10(11(17)18)16-9-6-4-3-5-8(9)12(13,14)15/h7-10,16H,3-6H2,1-2H3,(H,17,18). The molecule has 0 bridgehead atoms. The van der Waals surface area contributed by atoms with Crippen LogP contribution in [0.1, 0.15) is 39.5 Å². The Balaban J connectivity index is 2.75. The number of aliphatic carboxylic acids is 1. The molecular weight excluding hydrogens is 247 g/mol. The van der Waals surface area contributed by atoms with Crippen LogP contribution in [0.2, 0.25) is 0 Å². The summed E-state index contributed by atoms with van der Waals surface area (Å²) in [6, 6.07) is -1.69. The van der Waals surface area contributed by atoms with E-state index >= 15 is 0 Å². The maximum atomic E-state index is 12.9. The highest BCUT2D eigenvalue weighted by molar-refractivity contribution is 5.73. The third kappa shape index (κ3) is 3.86. The topological polar surface area (TPSA) is 49.3 Å². The van der Waals surface area contributed by atoms with Crippen LogP contribution in [-0.4, -0.2) is 29.3 Å². The number of carboxylic acids is 1. The summed E-state index contributed by atoms with van der Waals surface area (Å²) in [7, 11) is 0. The molecule has 0 amide bonds. The highest BCUT2D eigenvalue weighted by Crippen LogP contribution is 2.38. The number of carbonyl (C=O) groups is 1. The van der Waals surface area contributed by atoms with Gasteiger partial charge in [0.15, 0.2) is 0 Å². The van der Waals surface area contributed by atoms with Crippen molar-refractivity contribution in [3.8, 4) is 0 Å². The minimum atomic E-state index is -4.25. The fraction of sp³-hybridized carbons (Fsp3) is 0.917. The van der Waals surface area contributed by atoms with E-state index < -0.39 is 30.1 Å². The Morgan fingerprint density at radius 2 is 1.83 bits per heavy atom. The summed E-state index contributed by atoms with van der Waals surface area (Å²) >= 11 is 0. The molecule has 1 fully saturated rings. The average Bonchev–Trinajstić information content (AvgIpc) is 2.24. The minimum Gasteiger partial charge on any atom is -0.480 e. The van der Waals surface area contributed by atoms with E-state index in [1.165, 1.54) is 0 Å². The first-order valence-corrected chi connectivity index (χ1v) is 6.29. The lowest BCUT2D eigenvalue weighted by Crippen LogP contribution is -2.53. The zero-order valence-electron chi connectivity index (χ0n) is 10.6. The molecule has 3 unspecified atom stereocenters. The number of hydrogen-bond acceptors (Lipinski definition) is 2. The molecule has 0 aliphatic heterocycles. The number of alkyl halides is 3. The average molecular weight is 267 g/mol. The summed E-state index contributed by atoms with van der Waals surface area (Å²) in [6.07, 6.45) is -2.50. The summed E-state index contributed by atoms with van der Waals surface area (Å²) in [5.74, 6) is -2.75. The van der Waals surface area contributed by atoms with Crippen LogP contribution in [0.3, 0.4) is 0 Å². The maximum Gasteiger partial charge on any atom is 0.393 e. The van der Waals surface area contributed by atoms with Crippen molar-refractivity contribution in [2.45, 2.75) is 57.8 Å². The van der Waals surface area contributed by atoms with Gasteiger partial charge >= 0.3 is 12.1 Å². The van der Waals surface area contributed by atoms with Crippen LogP contribution < -0.4 is 5.32 Å². The van der Waals surface area contributed by atoms with Gasteiger partial charge in [-0.05, 0) is 18.8 Å². The van der Waals surface area contributed by atoms with Crippen molar-refractivity contribution in [1.29, 1.82) is 0 Å². The Labute approximate surface area is 105 Å². The fourth-order valence-electron chi connectivity index (χ4n) is 2.50. The lowest BCUT2D eigenvalue weighted by molar-refractivity contribution is -0.190. The van der Waals surface area contributed by atoms with Gasteiger partial charge in [-0.1, -0.05) is 26.7 Å². The predicted octanol–water partition coefficient (Wildman–Crippen LogP) is 2.81. The van der Waals surface area contributed by atoms with Gasteiger partial charge in [0.25, 0.3) is 0 Å². The zero-order valence-corrected chi connectivity index (χ0v) is 10.6. The first-order chi connectivity index (χ1) is 8.23. The molecule has 18 heavy (non-hydrogen) atoms. The van der Waals surface area contributed by atoms with E-state index in [9.17, 15) is 18.0 Å². The first kappa shape index (κ1) is 15.3. The second-order valence-corrected chi connectivity index (χ2v) is 5.27. The lowest BCUT2D eigenvalue weighted by atomic mass is 9.83. The van der Waals surface area contributed by atoms with Crippen LogP contribution in [0.15, 0.2) is 0 Å². The molecule has 1 saturated carbocycles. The lowest BCUT2D eigenvalue weighted by Gasteiger charge is -2.36. The molecule has 1 aliphatic rings. The van der Waals surface area contributed by atoms with Gasteiger partial charge in [-0.15, -0.1) is 0 Å². The molecule has 1 rings (SSSR count). The highest BCUT2D eigenvalue weighted by atomic mass is 19.4. The van der Waals surface area contributed by atoms with Crippen LogP contribution in [0.4, 0.5) is 13.2 Å². The van der Waals surface area contributed by atoms with Crippen molar-refractivity contribution < 1.29 is 23.1 Å². The van der Waals surface area contributed by atoms with E-state index in [4.69, 9.17) is 5.11 Å². The van der Waals surface area contributed by atoms with Gasteiger partial charge in [-0.25, -0.2) is 0 Å². The normalized spacial score (nSPS) is 27.2. The molecule has 0 aromatic rings. The molecule has 3 nitrogen and oxygen atoms in total. The Hall–Kier alpha value is -0.780. The number of carboxylic acid groups (broad SMARTS) is 1. The Morgan fingerprint density at radius 1 is 1.28 bits per heavy atom. The molecule has 0 aromatic heterocycles. The number of halogens is 3. The minimum absolute atomic E-state index is 0.0889. The van der Waals surface area contributed by atoms with Gasteiger partial charge in [-0.3, -0.25) is 4.79 Å². The molecule has 0 spiro atoms. The second kappa shape index (κ2) is 5.91. The Bertz CT molecular complexity index is 292. The van der Waals surface area contributed by atoms with Crippen molar-refractivity contribution in [3.05, 3.63) is 0 Å². The quantitative estimate of drug-likeness (QED) is 0.823. The summed E-state index contributed by atoms with van der Waals surface area (Å²) in [5.41, 5.74) is 0. The second-order valence-electron chi connectivity index (χ2n) is 5.27. The van der Waals surface area contributed by atoms with Crippen molar-refractivity contribution in [3.63, 3.8) is 0 Å². The summed E-state index contributed by atoms with van der Waals surface area (Å²) in [4.78, 5) is 11.0. The van der Waals surface area contributed by atoms with E-state index in [0.717, 1.165) is 0 Å². The van der Waals surface area contributed by atoms with Crippen molar-refractivity contribution in [2.24, 2.45) is 11.8 Å². The Morgan fingerprint density at radius 3 is 2.28 bits per heavy atom. The third-order valence-corrected chi connectivity index (χ3v) is 3.51. The number of rotatable bonds is 4. The molecule has 2 N–H and O–H groups in total. The monoisotopic (exact) mass is 267 g/mol. The van der Waals surface area contributed by atoms with E-state index in [1.807, 2.05) is 0 Å². The number of nitrogens with one attached hydrogen (secondary N) is 1. The van der Waals surface area contributed by atoms with Crippen LogP contribution in [-0.2, 0) is 4.79 Å². The molecule has 1 aliphatic carbocycles. The predicted molar refractivity (Wildman–Crippen MR) is 61.2 cm³/mol. The molecule has 0 saturated heterocycles. The maximum absolute atomic E-state index is 12.9. The van der Waals surface area contributed by atoms with Gasteiger partial charge in [0.05, 0.1) is 5.92 Å². The Kier molecular flexibility index (Phi) is 5.01. The van der Waals surface area contributed by atoms with Gasteiger partial charge in [0, 0.05) is 6.04 Å². The third-order valence-electron chi connectivity index (χ3n) is 3.51. The van der Waals surface area contributed by atoms with Gasteiger partial charge < -0.3 is 10.4 Å². The molecule has 0 aromatic carbocycles. The van der Waals surface area contributed by atoms with E-state index in [1.54, 1.807) is 13.8 Å². The van der Waals surface area contributed by atoms with Crippen LogP contribution in [0, 0.1) is 11.8 Å². The summed E-state index contributed by atoms with van der Waals surface area (Å²) in [6.45, 7) is 3.38. The summed E-state index contributed by atoms with van der Waals surface area (Å²) < 4.78 is 38.6. The van der Waals surface area contributed by atoms with E-state index in [-0.39, 0.29) is 12.3 Å². The van der Waals surface area contributed by atoms with Crippen molar-refractivity contribution in [2.75, 3.05) is 0 Å². The molecule has 106 valence electrons. The molecular formula is C12H20F3NO2. The molecule has 0 radical (unpaired) electrons. The van der Waals surface area contributed by atoms with Gasteiger partial charge in [-0.2, -0.15) is 13.2 Å². The van der Waals surface area contributed by atoms with Crippen molar-refractivity contribution >= 4 is 5.97 Å². The van der Waals surface area contributed by atoms with Crippen molar-refractivity contribution in [1.82, 2.24) is 5.32 Å². The van der Waals surface area contributed by atoms with Gasteiger partial charge in [0.2, 0.25) is 0 Å². The zero-order chi connectivity index (χ0) is 13.9. The first-order valence-electron chi connectivity index (χ1n) is 6.29. The fourth-order valence-corrected chi connectivity index (χ4v) is 2.50. The highest BCUT2D eigenvalue weighted by Gasteiger charge is 2.46. The molecule has 0 heterocycles. The summed E-state index contributed by atoms with van der Waals surface area (Å²) in [5, 5.41) is 11.7. The van der Waals surface area contributed by atoms with Gasteiger partial charge in [0.1, 0.15) is 6.04 Å². The van der Waals surface area contributed by atoms with Crippen LogP contribution in [0.25, 0.3) is 0 Å². The van der Waals surface area contributed by atoms with E-state index in [2.05, 4.69) is 5.32 Å². The van der Waals surface area contributed by atoms with Crippen LogP contribution in [0.5, 0.6) is 0 Å². The molecule has 6 heteroatoms.